The third-order valence-electron chi connectivity index (χ3n) is 2.54. The van der Waals surface area contributed by atoms with Gasteiger partial charge in [0, 0.05) is 0 Å². The third-order valence-corrected chi connectivity index (χ3v) is 5.72. The number of benzene rings is 1. The van der Waals surface area contributed by atoms with Crippen LogP contribution >= 0.6 is 22.2 Å². The maximum Gasteiger partial charge on any atom is 0.277 e. The normalized spacial score (nSPS) is 13.1. The minimum absolute atomic E-state index is 0.413. The molecule has 0 aliphatic carbocycles. The van der Waals surface area contributed by atoms with E-state index in [4.69, 9.17) is 22.2 Å². The number of hydrogen-bond donors (Lipinski definition) is 0. The summed E-state index contributed by atoms with van der Waals surface area (Å²) >= 11 is 11.9. The van der Waals surface area contributed by atoms with Crippen LogP contribution in [0.2, 0.25) is 5.54 Å². The van der Waals surface area contributed by atoms with Crippen molar-refractivity contribution in [2.24, 2.45) is 0 Å². The van der Waals surface area contributed by atoms with Gasteiger partial charge in [0.1, 0.15) is 0 Å². The van der Waals surface area contributed by atoms with E-state index in [1.807, 2.05) is 0 Å². The highest BCUT2D eigenvalue weighted by Crippen LogP contribution is 2.24. The van der Waals surface area contributed by atoms with Gasteiger partial charge in [-0.3, -0.25) is 0 Å². The first kappa shape index (κ1) is 13.1. The van der Waals surface area contributed by atoms with E-state index in [1.54, 1.807) is 0 Å². The van der Waals surface area contributed by atoms with Gasteiger partial charge in [0.05, 0.1) is 0 Å². The van der Waals surface area contributed by atoms with E-state index in [0.29, 0.717) is 5.54 Å². The molecule has 0 heterocycles. The molecule has 15 heavy (non-hydrogen) atoms. The number of halogens is 2. The lowest BCUT2D eigenvalue weighted by molar-refractivity contribution is 0.855. The summed E-state index contributed by atoms with van der Waals surface area (Å²) in [5, 5.41) is 0. The molecule has 0 saturated carbocycles. The van der Waals surface area contributed by atoms with Gasteiger partial charge in [0.25, 0.3) is 7.42 Å². The molecule has 1 rings (SSSR count). The molecule has 3 heteroatoms. The van der Waals surface area contributed by atoms with Crippen LogP contribution in [0.3, 0.4) is 0 Å². The first-order valence-corrected chi connectivity index (χ1v) is 8.99. The SMILES string of the molecule is CCCc1ccccc1CC(C)[Si](Cl)Cl. The molecule has 0 saturated heterocycles. The highest BCUT2D eigenvalue weighted by atomic mass is 35.7. The minimum atomic E-state index is -1.20. The lowest BCUT2D eigenvalue weighted by atomic mass is 10.00. The van der Waals surface area contributed by atoms with Crippen LogP contribution in [-0.4, -0.2) is 7.42 Å². The van der Waals surface area contributed by atoms with Crippen LogP contribution < -0.4 is 0 Å². The first-order chi connectivity index (χ1) is 7.15. The van der Waals surface area contributed by atoms with Crippen LogP contribution in [0.25, 0.3) is 0 Å². The van der Waals surface area contributed by atoms with Crippen molar-refractivity contribution in [1.82, 2.24) is 0 Å². The van der Waals surface area contributed by atoms with Gasteiger partial charge in [-0.1, -0.05) is 44.5 Å². The van der Waals surface area contributed by atoms with Gasteiger partial charge < -0.3 is 0 Å². The van der Waals surface area contributed by atoms with Crippen molar-refractivity contribution < 1.29 is 0 Å². The Bertz CT molecular complexity index is 299. The molecule has 0 N–H and O–H groups in total. The summed E-state index contributed by atoms with van der Waals surface area (Å²) in [5.74, 6) is 0. The Labute approximate surface area is 104 Å². The summed E-state index contributed by atoms with van der Waals surface area (Å²) in [6.45, 7) is 4.34. The fourth-order valence-corrected chi connectivity index (χ4v) is 2.51. The summed E-state index contributed by atoms with van der Waals surface area (Å²) in [7, 11) is -1.20. The van der Waals surface area contributed by atoms with Crippen LogP contribution in [-0.2, 0) is 12.8 Å². The van der Waals surface area contributed by atoms with Crippen LogP contribution in [0, 0.1) is 0 Å². The zero-order valence-corrected chi connectivity index (χ0v) is 11.8. The average molecular weight is 260 g/mol. The molecule has 0 amide bonds. The van der Waals surface area contributed by atoms with E-state index in [0.717, 1.165) is 12.8 Å². The Morgan fingerprint density at radius 1 is 1.20 bits per heavy atom. The molecule has 1 unspecified atom stereocenters. The molecule has 1 aromatic rings. The van der Waals surface area contributed by atoms with Crippen molar-refractivity contribution in [3.05, 3.63) is 35.4 Å². The first-order valence-electron chi connectivity index (χ1n) is 5.39. The van der Waals surface area contributed by atoms with E-state index >= 15 is 0 Å². The van der Waals surface area contributed by atoms with E-state index < -0.39 is 7.42 Å². The summed E-state index contributed by atoms with van der Waals surface area (Å²) in [6, 6.07) is 8.60. The zero-order valence-electron chi connectivity index (χ0n) is 9.26. The molecular weight excluding hydrogens is 243 g/mol. The Morgan fingerprint density at radius 3 is 2.33 bits per heavy atom. The molecule has 0 aliphatic rings. The molecule has 0 aliphatic heterocycles. The van der Waals surface area contributed by atoms with Crippen LogP contribution in [0.5, 0.6) is 0 Å². The lowest BCUT2D eigenvalue weighted by Gasteiger charge is -2.13. The summed E-state index contributed by atoms with van der Waals surface area (Å²) < 4.78 is 0. The van der Waals surface area contributed by atoms with Crippen molar-refractivity contribution >= 4 is 29.6 Å². The fourth-order valence-electron chi connectivity index (χ4n) is 1.68. The molecule has 83 valence electrons. The maximum absolute atomic E-state index is 5.97. The quantitative estimate of drug-likeness (QED) is 0.538. The average Bonchev–Trinajstić information content (AvgIpc) is 2.21. The van der Waals surface area contributed by atoms with Crippen LogP contribution in [0.15, 0.2) is 24.3 Å². The Morgan fingerprint density at radius 2 is 1.80 bits per heavy atom. The predicted octanol–water partition coefficient (Wildman–Crippen LogP) is 4.54. The van der Waals surface area contributed by atoms with E-state index in [2.05, 4.69) is 38.1 Å². The molecule has 0 bridgehead atoms. The van der Waals surface area contributed by atoms with Gasteiger partial charge in [-0.05, 0) is 29.5 Å². The molecule has 0 fully saturated rings. The second kappa shape index (κ2) is 6.57. The highest BCUT2D eigenvalue weighted by molar-refractivity contribution is 7.34. The van der Waals surface area contributed by atoms with Crippen molar-refractivity contribution in [2.75, 3.05) is 0 Å². The Kier molecular flexibility index (Phi) is 5.73. The van der Waals surface area contributed by atoms with Gasteiger partial charge in [0.2, 0.25) is 0 Å². The second-order valence-electron chi connectivity index (χ2n) is 3.91. The van der Waals surface area contributed by atoms with Gasteiger partial charge in [0.15, 0.2) is 0 Å². The van der Waals surface area contributed by atoms with Crippen molar-refractivity contribution in [3.63, 3.8) is 0 Å². The highest BCUT2D eigenvalue weighted by Gasteiger charge is 2.16. The second-order valence-corrected chi connectivity index (χ2v) is 8.50. The molecule has 1 radical (unpaired) electrons. The molecular formula is C12H17Cl2Si. The number of rotatable bonds is 5. The monoisotopic (exact) mass is 259 g/mol. The predicted molar refractivity (Wildman–Crippen MR) is 71.0 cm³/mol. The van der Waals surface area contributed by atoms with Gasteiger partial charge in [-0.25, -0.2) is 0 Å². The fraction of sp³-hybridized carbons (Fsp3) is 0.500. The maximum atomic E-state index is 5.97. The minimum Gasteiger partial charge on any atom is -0.146 e. The van der Waals surface area contributed by atoms with Gasteiger partial charge in [-0.2, -0.15) is 0 Å². The molecule has 0 nitrogen and oxygen atoms in total. The summed E-state index contributed by atoms with van der Waals surface area (Å²) in [6.07, 6.45) is 3.35. The Hall–Kier alpha value is 0.0169. The van der Waals surface area contributed by atoms with Crippen molar-refractivity contribution in [3.8, 4) is 0 Å². The topological polar surface area (TPSA) is 0 Å². The molecule has 1 aromatic carbocycles. The third kappa shape index (κ3) is 4.18. The lowest BCUT2D eigenvalue weighted by Crippen LogP contribution is -2.08. The number of aryl methyl sites for hydroxylation is 1. The van der Waals surface area contributed by atoms with Crippen molar-refractivity contribution in [1.29, 1.82) is 0 Å². The number of hydrogen-bond acceptors (Lipinski definition) is 0. The molecule has 0 aromatic heterocycles. The van der Waals surface area contributed by atoms with E-state index in [1.165, 1.54) is 17.5 Å². The van der Waals surface area contributed by atoms with Crippen LogP contribution in [0.4, 0.5) is 0 Å². The van der Waals surface area contributed by atoms with Crippen LogP contribution in [0.1, 0.15) is 31.4 Å². The van der Waals surface area contributed by atoms with Gasteiger partial charge in [-0.15, -0.1) is 22.2 Å². The smallest absolute Gasteiger partial charge is 0.146 e. The Balaban J connectivity index is 2.74. The van der Waals surface area contributed by atoms with Gasteiger partial charge >= 0.3 is 0 Å². The standard InChI is InChI=1S/C12H17Cl2Si/c1-3-6-11-7-4-5-8-12(11)9-10(2)15(13)14/h4-5,7-8,10H,3,6,9H2,1-2H3. The zero-order chi connectivity index (χ0) is 11.3. The largest absolute Gasteiger partial charge is 0.277 e. The summed E-state index contributed by atoms with van der Waals surface area (Å²) in [5.41, 5.74) is 3.27. The van der Waals surface area contributed by atoms with E-state index in [9.17, 15) is 0 Å². The van der Waals surface area contributed by atoms with E-state index in [-0.39, 0.29) is 0 Å². The molecule has 0 spiro atoms. The van der Waals surface area contributed by atoms with Crippen molar-refractivity contribution in [2.45, 2.75) is 38.7 Å². The summed E-state index contributed by atoms with van der Waals surface area (Å²) in [4.78, 5) is 0. The molecule has 1 atom stereocenters.